The molecule has 2 atom stereocenters. The van der Waals surface area contributed by atoms with Crippen LogP contribution in [0.5, 0.6) is 11.5 Å². The van der Waals surface area contributed by atoms with Crippen molar-refractivity contribution in [2.45, 2.75) is 57.1 Å². The Labute approximate surface area is 282 Å². The van der Waals surface area contributed by atoms with Gasteiger partial charge in [0.25, 0.3) is 10.0 Å². The standard InChI is InChI=1S/C37H42FN3O6S/c1-6-27(3)39-37(43)33(22-28-12-8-7-9-13-28)40(24-29-14-10-11-26(2)21-29)36(42)25-41(31-17-15-30(38)16-18-31)48(44,45)32-19-20-34(46-4)35(23-32)47-5/h7-21,23,27,33H,6,22,24-25H2,1-5H3,(H,39,43)/t27-,33-/m1/s1. The van der Waals surface area contributed by atoms with E-state index >= 15 is 0 Å². The van der Waals surface area contributed by atoms with Crippen molar-refractivity contribution in [1.29, 1.82) is 0 Å². The first-order valence-electron chi connectivity index (χ1n) is 15.7. The van der Waals surface area contributed by atoms with Gasteiger partial charge in [0.2, 0.25) is 11.8 Å². The second kappa shape index (κ2) is 16.3. The van der Waals surface area contributed by atoms with Crippen LogP contribution in [0.2, 0.25) is 0 Å². The minimum atomic E-state index is -4.43. The van der Waals surface area contributed by atoms with Crippen LogP contribution in [0.25, 0.3) is 0 Å². The zero-order chi connectivity index (χ0) is 34.8. The summed E-state index contributed by atoms with van der Waals surface area (Å²) in [6.45, 7) is 5.14. The van der Waals surface area contributed by atoms with Crippen LogP contribution >= 0.6 is 0 Å². The third-order valence-electron chi connectivity index (χ3n) is 8.04. The molecule has 2 amide bonds. The largest absolute Gasteiger partial charge is 0.493 e. The highest BCUT2D eigenvalue weighted by molar-refractivity contribution is 7.92. The highest BCUT2D eigenvalue weighted by Crippen LogP contribution is 2.32. The van der Waals surface area contributed by atoms with Crippen molar-refractivity contribution < 1.29 is 31.9 Å². The highest BCUT2D eigenvalue weighted by atomic mass is 32.2. The molecule has 11 heteroatoms. The number of rotatable bonds is 15. The fourth-order valence-electron chi connectivity index (χ4n) is 5.24. The molecule has 0 heterocycles. The Morgan fingerprint density at radius 3 is 2.15 bits per heavy atom. The predicted octanol–water partition coefficient (Wildman–Crippen LogP) is 5.90. The number of hydrogen-bond donors (Lipinski definition) is 1. The minimum Gasteiger partial charge on any atom is -0.493 e. The fourth-order valence-corrected chi connectivity index (χ4v) is 6.67. The van der Waals surface area contributed by atoms with Crippen LogP contribution in [0.4, 0.5) is 10.1 Å². The van der Waals surface area contributed by atoms with Crippen LogP contribution in [0.3, 0.4) is 0 Å². The number of carbonyl (C=O) groups excluding carboxylic acids is 2. The minimum absolute atomic E-state index is 0.0413. The molecule has 0 aromatic heterocycles. The van der Waals surface area contributed by atoms with Crippen LogP contribution in [0.15, 0.2) is 102 Å². The Hall–Kier alpha value is -4.90. The maximum Gasteiger partial charge on any atom is 0.264 e. The fraction of sp³-hybridized carbons (Fsp3) is 0.297. The van der Waals surface area contributed by atoms with Crippen LogP contribution in [-0.2, 0) is 32.6 Å². The van der Waals surface area contributed by atoms with Gasteiger partial charge in [0.15, 0.2) is 11.5 Å². The second-order valence-electron chi connectivity index (χ2n) is 11.5. The van der Waals surface area contributed by atoms with Crippen molar-refractivity contribution >= 4 is 27.5 Å². The van der Waals surface area contributed by atoms with E-state index < -0.39 is 34.3 Å². The molecule has 0 fully saturated rings. The van der Waals surface area contributed by atoms with E-state index in [1.807, 2.05) is 75.4 Å². The predicted molar refractivity (Wildman–Crippen MR) is 184 cm³/mol. The lowest BCUT2D eigenvalue weighted by molar-refractivity contribution is -0.140. The Morgan fingerprint density at radius 1 is 0.854 bits per heavy atom. The van der Waals surface area contributed by atoms with Crippen molar-refractivity contribution in [2.75, 3.05) is 25.1 Å². The molecule has 4 rings (SSSR count). The number of methoxy groups -OCH3 is 2. The van der Waals surface area contributed by atoms with Crippen LogP contribution in [-0.4, -0.2) is 58.0 Å². The molecular formula is C37H42FN3O6S. The van der Waals surface area contributed by atoms with Gasteiger partial charge >= 0.3 is 0 Å². The summed E-state index contributed by atoms with van der Waals surface area (Å²) in [5.74, 6) is -1.05. The first-order chi connectivity index (χ1) is 23.0. The van der Waals surface area contributed by atoms with Gasteiger partial charge in [-0.3, -0.25) is 13.9 Å². The summed E-state index contributed by atoms with van der Waals surface area (Å²) in [6, 6.07) is 24.7. The molecule has 0 aliphatic rings. The number of sulfonamides is 1. The molecule has 1 N–H and O–H groups in total. The van der Waals surface area contributed by atoms with Gasteiger partial charge in [-0.15, -0.1) is 0 Å². The van der Waals surface area contributed by atoms with E-state index in [2.05, 4.69) is 5.32 Å². The number of nitrogens with zero attached hydrogens (tertiary/aromatic N) is 2. The summed E-state index contributed by atoms with van der Waals surface area (Å²) < 4.78 is 54.2. The molecule has 0 spiro atoms. The third kappa shape index (κ3) is 8.92. The smallest absolute Gasteiger partial charge is 0.264 e. The molecule has 0 saturated carbocycles. The van der Waals surface area contributed by atoms with Crippen LogP contribution in [0.1, 0.15) is 37.0 Å². The summed E-state index contributed by atoms with van der Waals surface area (Å²) in [7, 11) is -1.62. The quantitative estimate of drug-likeness (QED) is 0.168. The van der Waals surface area contributed by atoms with Crippen molar-refractivity contribution in [3.05, 3.63) is 120 Å². The molecule has 4 aromatic carbocycles. The highest BCUT2D eigenvalue weighted by Gasteiger charge is 2.35. The lowest BCUT2D eigenvalue weighted by Crippen LogP contribution is -2.54. The molecule has 48 heavy (non-hydrogen) atoms. The number of hydrogen-bond acceptors (Lipinski definition) is 6. The van der Waals surface area contributed by atoms with Gasteiger partial charge in [0.1, 0.15) is 18.4 Å². The van der Waals surface area contributed by atoms with Gasteiger partial charge in [-0.1, -0.05) is 67.1 Å². The third-order valence-corrected chi connectivity index (χ3v) is 9.81. The molecule has 0 aliphatic carbocycles. The van der Waals surface area contributed by atoms with Crippen molar-refractivity contribution in [2.24, 2.45) is 0 Å². The van der Waals surface area contributed by atoms with Gasteiger partial charge in [0, 0.05) is 25.1 Å². The molecule has 0 bridgehead atoms. The van der Waals surface area contributed by atoms with Crippen molar-refractivity contribution in [3.63, 3.8) is 0 Å². The normalized spacial score (nSPS) is 12.5. The van der Waals surface area contributed by atoms with E-state index in [-0.39, 0.29) is 41.2 Å². The molecule has 0 radical (unpaired) electrons. The molecule has 4 aromatic rings. The molecule has 9 nitrogen and oxygen atoms in total. The molecule has 0 saturated heterocycles. The average molecular weight is 676 g/mol. The second-order valence-corrected chi connectivity index (χ2v) is 13.4. The first-order valence-corrected chi connectivity index (χ1v) is 17.1. The van der Waals surface area contributed by atoms with E-state index in [1.165, 1.54) is 49.5 Å². The van der Waals surface area contributed by atoms with E-state index in [1.54, 1.807) is 0 Å². The number of amides is 2. The molecule has 254 valence electrons. The average Bonchev–Trinajstić information content (AvgIpc) is 3.09. The number of nitrogens with one attached hydrogen (secondary N) is 1. The van der Waals surface area contributed by atoms with E-state index in [4.69, 9.17) is 9.47 Å². The number of carbonyl (C=O) groups is 2. The van der Waals surface area contributed by atoms with Crippen LogP contribution < -0.4 is 19.1 Å². The Balaban J connectivity index is 1.83. The van der Waals surface area contributed by atoms with Gasteiger partial charge in [-0.2, -0.15) is 0 Å². The summed E-state index contributed by atoms with van der Waals surface area (Å²) in [5.41, 5.74) is 2.64. The summed E-state index contributed by atoms with van der Waals surface area (Å²) >= 11 is 0. The van der Waals surface area contributed by atoms with Crippen LogP contribution in [0, 0.1) is 12.7 Å². The Bertz CT molecular complexity index is 1800. The lowest BCUT2D eigenvalue weighted by atomic mass is 10.0. The molecule has 0 unspecified atom stereocenters. The van der Waals surface area contributed by atoms with Gasteiger partial charge in [-0.05, 0) is 67.8 Å². The SMILES string of the molecule is CC[C@@H](C)NC(=O)[C@@H](Cc1ccccc1)N(Cc1cccc(C)c1)C(=O)CN(c1ccc(F)cc1)S(=O)(=O)c1ccc(OC)c(OC)c1. The lowest BCUT2D eigenvalue weighted by Gasteiger charge is -2.34. The van der Waals surface area contributed by atoms with Crippen molar-refractivity contribution in [3.8, 4) is 11.5 Å². The zero-order valence-electron chi connectivity index (χ0n) is 27.9. The summed E-state index contributed by atoms with van der Waals surface area (Å²) in [6.07, 6.45) is 0.872. The summed E-state index contributed by atoms with van der Waals surface area (Å²) in [4.78, 5) is 29.8. The van der Waals surface area contributed by atoms with E-state index in [9.17, 15) is 22.4 Å². The molecule has 0 aliphatic heterocycles. The number of benzene rings is 4. The Kier molecular flexibility index (Phi) is 12.2. The van der Waals surface area contributed by atoms with Gasteiger partial charge in [-0.25, -0.2) is 12.8 Å². The Morgan fingerprint density at radius 2 is 1.52 bits per heavy atom. The molecular weight excluding hydrogens is 633 g/mol. The first kappa shape index (κ1) is 35.9. The maximum absolute atomic E-state index is 14.6. The van der Waals surface area contributed by atoms with Gasteiger partial charge in [0.05, 0.1) is 24.8 Å². The van der Waals surface area contributed by atoms with E-state index in [0.29, 0.717) is 12.2 Å². The maximum atomic E-state index is 14.6. The monoisotopic (exact) mass is 675 g/mol. The van der Waals surface area contributed by atoms with Gasteiger partial charge < -0.3 is 19.7 Å². The number of halogens is 1. The number of anilines is 1. The zero-order valence-corrected chi connectivity index (χ0v) is 28.7. The topological polar surface area (TPSA) is 105 Å². The van der Waals surface area contributed by atoms with Crippen molar-refractivity contribution in [1.82, 2.24) is 10.2 Å². The number of aryl methyl sites for hydroxylation is 1. The number of ether oxygens (including phenoxy) is 2. The van der Waals surface area contributed by atoms with E-state index in [0.717, 1.165) is 33.1 Å². The summed E-state index contributed by atoms with van der Waals surface area (Å²) in [5, 5.41) is 3.02.